The molecule has 0 aromatic heterocycles. The van der Waals surface area contributed by atoms with Gasteiger partial charge < -0.3 is 24.8 Å². The molecule has 0 saturated heterocycles. The van der Waals surface area contributed by atoms with Crippen LogP contribution in [-0.4, -0.2) is 40.2 Å². The molecule has 0 bridgehead atoms. The summed E-state index contributed by atoms with van der Waals surface area (Å²) in [6.45, 7) is 0. The third-order valence-corrected chi connectivity index (χ3v) is 3.79. The van der Waals surface area contributed by atoms with Crippen molar-refractivity contribution >= 4 is 23.6 Å². The Labute approximate surface area is 157 Å². The molecule has 0 aliphatic carbocycles. The van der Waals surface area contributed by atoms with Crippen LogP contribution in [0, 0.1) is 0 Å². The maximum atomic E-state index is 12.2. The van der Waals surface area contributed by atoms with Crippen molar-refractivity contribution < 1.29 is 23.8 Å². The zero-order chi connectivity index (χ0) is 19.8. The molecule has 7 heteroatoms. The van der Waals surface area contributed by atoms with Gasteiger partial charge in [-0.15, -0.1) is 0 Å². The van der Waals surface area contributed by atoms with Crippen LogP contribution < -0.4 is 24.8 Å². The van der Waals surface area contributed by atoms with Gasteiger partial charge in [0.2, 0.25) is 5.91 Å². The predicted molar refractivity (Wildman–Crippen MR) is 104 cm³/mol. The molecule has 0 atom stereocenters. The SMILES string of the molecule is CNC(=O)c1ccc(NC(=O)/C=C/c2cc(OC)c(OC)cc2OC)cc1. The summed E-state index contributed by atoms with van der Waals surface area (Å²) in [6, 6.07) is 10.00. The van der Waals surface area contributed by atoms with Gasteiger partial charge in [-0.3, -0.25) is 9.59 Å². The molecule has 2 amide bonds. The van der Waals surface area contributed by atoms with Crippen molar-refractivity contribution in [2.24, 2.45) is 0 Å². The smallest absolute Gasteiger partial charge is 0.251 e. The first-order chi connectivity index (χ1) is 13.0. The Morgan fingerprint density at radius 2 is 1.48 bits per heavy atom. The normalized spacial score (nSPS) is 10.4. The first kappa shape index (κ1) is 19.8. The minimum atomic E-state index is -0.320. The highest BCUT2D eigenvalue weighted by Crippen LogP contribution is 2.35. The number of carbonyl (C=O) groups is 2. The topological polar surface area (TPSA) is 85.9 Å². The van der Waals surface area contributed by atoms with Gasteiger partial charge in [-0.1, -0.05) is 0 Å². The van der Waals surface area contributed by atoms with E-state index in [0.717, 1.165) is 0 Å². The summed E-state index contributed by atoms with van der Waals surface area (Å²) in [6.07, 6.45) is 3.01. The number of rotatable bonds is 7. The molecule has 7 nitrogen and oxygen atoms in total. The fourth-order valence-corrected chi connectivity index (χ4v) is 2.38. The van der Waals surface area contributed by atoms with Gasteiger partial charge in [0.15, 0.2) is 11.5 Å². The Balaban J connectivity index is 2.13. The van der Waals surface area contributed by atoms with Gasteiger partial charge >= 0.3 is 0 Å². The van der Waals surface area contributed by atoms with E-state index >= 15 is 0 Å². The number of benzene rings is 2. The average Bonchev–Trinajstić information content (AvgIpc) is 2.71. The Morgan fingerprint density at radius 1 is 0.889 bits per heavy atom. The summed E-state index contributed by atoms with van der Waals surface area (Å²) >= 11 is 0. The van der Waals surface area contributed by atoms with E-state index in [1.54, 1.807) is 49.5 Å². The second-order valence-corrected chi connectivity index (χ2v) is 5.43. The van der Waals surface area contributed by atoms with Crippen LogP contribution in [0.3, 0.4) is 0 Å². The standard InChI is InChI=1S/C20H22N2O5/c1-21-20(24)13-5-8-15(9-6-13)22-19(23)10-7-14-11-17(26-3)18(27-4)12-16(14)25-2/h5-12H,1-4H3,(H,21,24)(H,22,23)/b10-7+. The molecule has 2 aromatic rings. The highest BCUT2D eigenvalue weighted by atomic mass is 16.5. The van der Waals surface area contributed by atoms with Crippen LogP contribution in [0.25, 0.3) is 6.08 Å². The van der Waals surface area contributed by atoms with Crippen molar-refractivity contribution in [1.29, 1.82) is 0 Å². The zero-order valence-electron chi connectivity index (χ0n) is 15.7. The lowest BCUT2D eigenvalue weighted by Gasteiger charge is -2.12. The fraction of sp³-hybridized carbons (Fsp3) is 0.200. The van der Waals surface area contributed by atoms with Gasteiger partial charge in [0.05, 0.1) is 21.3 Å². The quantitative estimate of drug-likeness (QED) is 0.732. The average molecular weight is 370 g/mol. The summed E-state index contributed by atoms with van der Waals surface area (Å²) in [5.74, 6) is 1.11. The van der Waals surface area contributed by atoms with Crippen LogP contribution in [0.15, 0.2) is 42.5 Å². The van der Waals surface area contributed by atoms with E-state index in [-0.39, 0.29) is 11.8 Å². The van der Waals surface area contributed by atoms with Gasteiger partial charge in [-0.05, 0) is 36.4 Å². The highest BCUT2D eigenvalue weighted by Gasteiger charge is 2.10. The zero-order valence-corrected chi connectivity index (χ0v) is 15.7. The number of carbonyl (C=O) groups excluding carboxylic acids is 2. The lowest BCUT2D eigenvalue weighted by Crippen LogP contribution is -2.17. The Bertz CT molecular complexity index is 844. The van der Waals surface area contributed by atoms with Crippen LogP contribution in [0.1, 0.15) is 15.9 Å². The van der Waals surface area contributed by atoms with Crippen molar-refractivity contribution in [1.82, 2.24) is 5.32 Å². The number of hydrogen-bond donors (Lipinski definition) is 2. The molecule has 0 radical (unpaired) electrons. The molecule has 2 rings (SSSR count). The Morgan fingerprint density at radius 3 is 2.04 bits per heavy atom. The Hall–Kier alpha value is -3.48. The molecule has 0 aliphatic rings. The number of ether oxygens (including phenoxy) is 3. The number of methoxy groups -OCH3 is 3. The number of nitrogens with one attached hydrogen (secondary N) is 2. The van der Waals surface area contributed by atoms with Crippen molar-refractivity contribution in [3.05, 3.63) is 53.6 Å². The summed E-state index contributed by atoms with van der Waals surface area (Å²) in [7, 11) is 6.17. The van der Waals surface area contributed by atoms with Crippen LogP contribution in [0.4, 0.5) is 5.69 Å². The van der Waals surface area contributed by atoms with E-state index in [9.17, 15) is 9.59 Å². The molecule has 0 aliphatic heterocycles. The molecular formula is C20H22N2O5. The van der Waals surface area contributed by atoms with Crippen molar-refractivity contribution in [3.63, 3.8) is 0 Å². The Kier molecular flexibility index (Phi) is 6.82. The number of hydrogen-bond acceptors (Lipinski definition) is 5. The predicted octanol–water partition coefficient (Wildman–Crippen LogP) is 2.72. The molecule has 0 saturated carbocycles. The van der Waals surface area contributed by atoms with Crippen molar-refractivity contribution in [3.8, 4) is 17.2 Å². The largest absolute Gasteiger partial charge is 0.496 e. The van der Waals surface area contributed by atoms with Crippen LogP contribution in [0.5, 0.6) is 17.2 Å². The van der Waals surface area contributed by atoms with Gasteiger partial charge in [-0.2, -0.15) is 0 Å². The summed E-state index contributed by atoms with van der Waals surface area (Å²) < 4.78 is 15.8. The van der Waals surface area contributed by atoms with E-state index in [1.807, 2.05) is 0 Å². The number of amides is 2. The maximum absolute atomic E-state index is 12.2. The summed E-state index contributed by atoms with van der Waals surface area (Å²) in [4.78, 5) is 23.7. The molecule has 0 unspecified atom stereocenters. The third kappa shape index (κ3) is 5.01. The third-order valence-electron chi connectivity index (χ3n) is 3.79. The van der Waals surface area contributed by atoms with E-state index < -0.39 is 0 Å². The minimum Gasteiger partial charge on any atom is -0.496 e. The lowest BCUT2D eigenvalue weighted by molar-refractivity contribution is -0.111. The van der Waals surface area contributed by atoms with Gasteiger partial charge in [0.1, 0.15) is 5.75 Å². The van der Waals surface area contributed by atoms with E-state index in [2.05, 4.69) is 10.6 Å². The van der Waals surface area contributed by atoms with Crippen molar-refractivity contribution in [2.75, 3.05) is 33.7 Å². The van der Waals surface area contributed by atoms with E-state index in [1.165, 1.54) is 27.4 Å². The van der Waals surface area contributed by atoms with Crippen molar-refractivity contribution in [2.45, 2.75) is 0 Å². The fourth-order valence-electron chi connectivity index (χ4n) is 2.38. The van der Waals surface area contributed by atoms with Crippen LogP contribution in [0.2, 0.25) is 0 Å². The molecule has 0 fully saturated rings. The van der Waals surface area contributed by atoms with Crippen LogP contribution >= 0.6 is 0 Å². The molecule has 2 aromatic carbocycles. The lowest BCUT2D eigenvalue weighted by atomic mass is 10.1. The first-order valence-corrected chi connectivity index (χ1v) is 8.13. The monoisotopic (exact) mass is 370 g/mol. The minimum absolute atomic E-state index is 0.187. The molecule has 0 spiro atoms. The second-order valence-electron chi connectivity index (χ2n) is 5.43. The maximum Gasteiger partial charge on any atom is 0.251 e. The molecule has 0 heterocycles. The molecule has 27 heavy (non-hydrogen) atoms. The molecular weight excluding hydrogens is 348 g/mol. The number of anilines is 1. The van der Waals surface area contributed by atoms with Crippen LogP contribution in [-0.2, 0) is 4.79 Å². The first-order valence-electron chi connectivity index (χ1n) is 8.13. The highest BCUT2D eigenvalue weighted by molar-refractivity contribution is 6.02. The van der Waals surface area contributed by atoms with Gasteiger partial charge in [0, 0.05) is 36.0 Å². The van der Waals surface area contributed by atoms with Gasteiger partial charge in [-0.25, -0.2) is 0 Å². The summed E-state index contributed by atoms with van der Waals surface area (Å²) in [5.41, 5.74) is 1.76. The van der Waals surface area contributed by atoms with Gasteiger partial charge in [0.25, 0.3) is 5.91 Å². The molecule has 142 valence electrons. The van der Waals surface area contributed by atoms with E-state index in [4.69, 9.17) is 14.2 Å². The molecule has 2 N–H and O–H groups in total. The second kappa shape index (κ2) is 9.28. The summed E-state index contributed by atoms with van der Waals surface area (Å²) in [5, 5.41) is 5.27. The van der Waals surface area contributed by atoms with E-state index in [0.29, 0.717) is 34.1 Å².